The molecular formula is C18H19NO2. The molecule has 0 spiro atoms. The first-order chi connectivity index (χ1) is 10.1. The smallest absolute Gasteiger partial charge is 0.248 e. The van der Waals surface area contributed by atoms with Gasteiger partial charge in [-0.15, -0.1) is 0 Å². The molecule has 0 bridgehead atoms. The molecule has 3 heteroatoms. The van der Waals surface area contributed by atoms with Crippen LogP contribution in [0, 0.1) is 13.8 Å². The quantitative estimate of drug-likeness (QED) is 0.861. The standard InChI is InChI=1S/C18H19NO2/c1-13-8-10-16(14(2)12-13)19-18(20)11-9-15-6-4-5-7-17(15)21-3/h4-12H,1-3H3,(H,19,20)/b11-9+. The van der Waals surface area contributed by atoms with E-state index in [4.69, 9.17) is 4.74 Å². The lowest BCUT2D eigenvalue weighted by molar-refractivity contribution is -0.111. The molecule has 0 unspecified atom stereocenters. The minimum absolute atomic E-state index is 0.159. The highest BCUT2D eigenvalue weighted by Gasteiger charge is 2.02. The molecule has 0 atom stereocenters. The summed E-state index contributed by atoms with van der Waals surface area (Å²) in [6.45, 7) is 4.01. The van der Waals surface area contributed by atoms with Crippen LogP contribution in [0.4, 0.5) is 5.69 Å². The number of hydrogen-bond acceptors (Lipinski definition) is 2. The maximum Gasteiger partial charge on any atom is 0.248 e. The highest BCUT2D eigenvalue weighted by molar-refractivity contribution is 6.02. The molecule has 2 rings (SSSR count). The third-order valence-electron chi connectivity index (χ3n) is 3.19. The van der Waals surface area contributed by atoms with Gasteiger partial charge in [-0.05, 0) is 37.6 Å². The largest absolute Gasteiger partial charge is 0.496 e. The Morgan fingerprint density at radius 2 is 1.90 bits per heavy atom. The average molecular weight is 281 g/mol. The molecule has 0 saturated heterocycles. The molecule has 0 saturated carbocycles. The number of para-hydroxylation sites is 1. The summed E-state index contributed by atoms with van der Waals surface area (Å²) in [5, 5.41) is 2.88. The van der Waals surface area contributed by atoms with Crippen molar-refractivity contribution in [3.8, 4) is 5.75 Å². The molecule has 0 aliphatic rings. The molecule has 0 fully saturated rings. The van der Waals surface area contributed by atoms with E-state index in [9.17, 15) is 4.79 Å². The summed E-state index contributed by atoms with van der Waals surface area (Å²) in [4.78, 5) is 12.0. The number of methoxy groups -OCH3 is 1. The third-order valence-corrected chi connectivity index (χ3v) is 3.19. The minimum Gasteiger partial charge on any atom is -0.496 e. The zero-order valence-electron chi connectivity index (χ0n) is 12.5. The summed E-state index contributed by atoms with van der Waals surface area (Å²) in [5.41, 5.74) is 3.93. The molecule has 0 radical (unpaired) electrons. The molecule has 1 N–H and O–H groups in total. The second-order valence-electron chi connectivity index (χ2n) is 4.88. The van der Waals surface area contributed by atoms with Crippen LogP contribution in [0.1, 0.15) is 16.7 Å². The summed E-state index contributed by atoms with van der Waals surface area (Å²) in [6, 6.07) is 13.5. The molecule has 3 nitrogen and oxygen atoms in total. The predicted octanol–water partition coefficient (Wildman–Crippen LogP) is 3.96. The first-order valence-electron chi connectivity index (χ1n) is 6.79. The van der Waals surface area contributed by atoms with E-state index < -0.39 is 0 Å². The monoisotopic (exact) mass is 281 g/mol. The van der Waals surface area contributed by atoms with E-state index in [2.05, 4.69) is 5.32 Å². The highest BCUT2D eigenvalue weighted by Crippen LogP contribution is 2.19. The van der Waals surface area contributed by atoms with Gasteiger partial charge in [0.25, 0.3) is 0 Å². The lowest BCUT2D eigenvalue weighted by Crippen LogP contribution is -2.09. The van der Waals surface area contributed by atoms with Crippen LogP contribution in [0.5, 0.6) is 5.75 Å². The molecule has 0 aliphatic heterocycles. The second kappa shape index (κ2) is 6.75. The van der Waals surface area contributed by atoms with Crippen LogP contribution in [-0.4, -0.2) is 13.0 Å². The fourth-order valence-electron chi connectivity index (χ4n) is 2.10. The summed E-state index contributed by atoms with van der Waals surface area (Å²) >= 11 is 0. The summed E-state index contributed by atoms with van der Waals surface area (Å²) < 4.78 is 5.25. The Labute approximate surface area is 125 Å². The number of anilines is 1. The van der Waals surface area contributed by atoms with E-state index in [1.165, 1.54) is 11.6 Å². The van der Waals surface area contributed by atoms with Gasteiger partial charge in [0.05, 0.1) is 7.11 Å². The number of carbonyl (C=O) groups excluding carboxylic acids is 1. The molecule has 2 aromatic rings. The Hall–Kier alpha value is -2.55. The Balaban J connectivity index is 2.09. The lowest BCUT2D eigenvalue weighted by Gasteiger charge is -2.07. The fourth-order valence-corrected chi connectivity index (χ4v) is 2.10. The number of hydrogen-bond donors (Lipinski definition) is 1. The summed E-state index contributed by atoms with van der Waals surface area (Å²) in [6.07, 6.45) is 3.26. The van der Waals surface area contributed by atoms with Crippen LogP contribution in [0.25, 0.3) is 6.08 Å². The maximum absolute atomic E-state index is 12.0. The Kier molecular flexibility index (Phi) is 4.77. The van der Waals surface area contributed by atoms with Crippen LogP contribution in [0.15, 0.2) is 48.5 Å². The minimum atomic E-state index is -0.159. The summed E-state index contributed by atoms with van der Waals surface area (Å²) in [7, 11) is 1.61. The van der Waals surface area contributed by atoms with Crippen LogP contribution in [0.2, 0.25) is 0 Å². The van der Waals surface area contributed by atoms with Gasteiger partial charge >= 0.3 is 0 Å². The van der Waals surface area contributed by atoms with E-state index >= 15 is 0 Å². The predicted molar refractivity (Wildman–Crippen MR) is 86.6 cm³/mol. The van der Waals surface area contributed by atoms with Gasteiger partial charge in [-0.1, -0.05) is 35.9 Å². The average Bonchev–Trinajstić information content (AvgIpc) is 2.48. The number of benzene rings is 2. The van der Waals surface area contributed by atoms with Crippen molar-refractivity contribution in [2.45, 2.75) is 13.8 Å². The van der Waals surface area contributed by atoms with Crippen LogP contribution < -0.4 is 10.1 Å². The molecule has 2 aromatic carbocycles. The number of rotatable bonds is 4. The van der Waals surface area contributed by atoms with Crippen molar-refractivity contribution in [1.82, 2.24) is 0 Å². The van der Waals surface area contributed by atoms with Crippen LogP contribution in [-0.2, 0) is 4.79 Å². The van der Waals surface area contributed by atoms with Gasteiger partial charge < -0.3 is 10.1 Å². The van der Waals surface area contributed by atoms with Crippen molar-refractivity contribution < 1.29 is 9.53 Å². The van der Waals surface area contributed by atoms with Gasteiger partial charge in [0.1, 0.15) is 5.75 Å². The summed E-state index contributed by atoms with van der Waals surface area (Å²) in [5.74, 6) is 0.584. The molecule has 21 heavy (non-hydrogen) atoms. The molecule has 0 aromatic heterocycles. The first-order valence-corrected chi connectivity index (χ1v) is 6.79. The van der Waals surface area contributed by atoms with E-state index in [0.29, 0.717) is 0 Å². The van der Waals surface area contributed by atoms with Gasteiger partial charge in [-0.3, -0.25) is 4.79 Å². The van der Waals surface area contributed by atoms with Crippen LogP contribution >= 0.6 is 0 Å². The molecule has 1 amide bonds. The Bertz CT molecular complexity index is 675. The van der Waals surface area contributed by atoms with E-state index in [0.717, 1.165) is 22.6 Å². The van der Waals surface area contributed by atoms with Crippen molar-refractivity contribution in [2.24, 2.45) is 0 Å². The van der Waals surface area contributed by atoms with Crippen molar-refractivity contribution >= 4 is 17.7 Å². The highest BCUT2D eigenvalue weighted by atomic mass is 16.5. The van der Waals surface area contributed by atoms with E-state index in [-0.39, 0.29) is 5.91 Å². The zero-order chi connectivity index (χ0) is 15.2. The molecule has 0 heterocycles. The normalized spacial score (nSPS) is 10.6. The van der Waals surface area contributed by atoms with Gasteiger partial charge in [-0.2, -0.15) is 0 Å². The van der Waals surface area contributed by atoms with E-state index in [1.54, 1.807) is 13.2 Å². The number of amides is 1. The maximum atomic E-state index is 12.0. The zero-order valence-corrected chi connectivity index (χ0v) is 12.5. The van der Waals surface area contributed by atoms with Gasteiger partial charge in [0.2, 0.25) is 5.91 Å². The van der Waals surface area contributed by atoms with Gasteiger partial charge in [0, 0.05) is 17.3 Å². The van der Waals surface area contributed by atoms with Crippen molar-refractivity contribution in [3.63, 3.8) is 0 Å². The lowest BCUT2D eigenvalue weighted by atomic mass is 10.1. The van der Waals surface area contributed by atoms with Crippen molar-refractivity contribution in [1.29, 1.82) is 0 Å². The molecular weight excluding hydrogens is 262 g/mol. The van der Waals surface area contributed by atoms with Crippen molar-refractivity contribution in [2.75, 3.05) is 12.4 Å². The Morgan fingerprint density at radius 3 is 2.62 bits per heavy atom. The SMILES string of the molecule is COc1ccccc1/C=C/C(=O)Nc1ccc(C)cc1C. The number of carbonyl (C=O) groups is 1. The Morgan fingerprint density at radius 1 is 1.14 bits per heavy atom. The fraction of sp³-hybridized carbons (Fsp3) is 0.167. The number of ether oxygens (including phenoxy) is 1. The second-order valence-corrected chi connectivity index (χ2v) is 4.88. The van der Waals surface area contributed by atoms with Crippen LogP contribution in [0.3, 0.4) is 0 Å². The van der Waals surface area contributed by atoms with Crippen molar-refractivity contribution in [3.05, 3.63) is 65.2 Å². The molecule has 108 valence electrons. The van der Waals surface area contributed by atoms with Gasteiger partial charge in [-0.25, -0.2) is 0 Å². The number of nitrogens with one attached hydrogen (secondary N) is 1. The molecule has 0 aliphatic carbocycles. The van der Waals surface area contributed by atoms with E-state index in [1.807, 2.05) is 56.3 Å². The topological polar surface area (TPSA) is 38.3 Å². The third kappa shape index (κ3) is 3.96. The number of aryl methyl sites for hydroxylation is 2. The first kappa shape index (κ1) is 14.9. The van der Waals surface area contributed by atoms with Gasteiger partial charge in [0.15, 0.2) is 0 Å².